The molecule has 0 radical (unpaired) electrons. The molecule has 122 valence electrons. The van der Waals surface area contributed by atoms with Crippen LogP contribution in [0.2, 0.25) is 0 Å². The van der Waals surface area contributed by atoms with Gasteiger partial charge >= 0.3 is 5.97 Å². The molecule has 0 bridgehead atoms. The van der Waals surface area contributed by atoms with Crippen molar-refractivity contribution in [1.29, 1.82) is 0 Å². The maximum Gasteiger partial charge on any atom is 0.312 e. The average Bonchev–Trinajstić information content (AvgIpc) is 2.53. The summed E-state index contributed by atoms with van der Waals surface area (Å²) in [5.74, 6) is -1.17. The van der Waals surface area contributed by atoms with Crippen molar-refractivity contribution >= 4 is 5.97 Å². The highest BCUT2D eigenvalue weighted by Gasteiger charge is 2.43. The normalized spacial score (nSPS) is 13.4. The highest BCUT2D eigenvalue weighted by atomic mass is 16.6. The van der Waals surface area contributed by atoms with E-state index in [1.807, 2.05) is 81.4 Å². The third-order valence-corrected chi connectivity index (χ3v) is 3.81. The summed E-state index contributed by atoms with van der Waals surface area (Å²) in [4.78, 5) is 12.6. The topological polar surface area (TPSA) is 46.5 Å². The fraction of sp³-hybridized carbons (Fsp3) is 0.350. The standard InChI is InChI=1S/C20H24O3/c1-15(18(21)23-19(2,3)4)20(22,16-11-7-5-8-12-16)17-13-9-6-10-14-17/h5-15,22H,1-4H3. The Morgan fingerprint density at radius 1 is 0.913 bits per heavy atom. The number of rotatable bonds is 4. The number of hydrogen-bond acceptors (Lipinski definition) is 3. The predicted molar refractivity (Wildman–Crippen MR) is 90.9 cm³/mol. The molecule has 2 rings (SSSR count). The van der Waals surface area contributed by atoms with Crippen molar-refractivity contribution in [2.75, 3.05) is 0 Å². The first-order valence-electron chi connectivity index (χ1n) is 7.81. The minimum atomic E-state index is -1.44. The van der Waals surface area contributed by atoms with E-state index < -0.39 is 23.1 Å². The Bertz CT molecular complexity index is 602. The fourth-order valence-corrected chi connectivity index (χ4v) is 2.61. The summed E-state index contributed by atoms with van der Waals surface area (Å²) < 4.78 is 5.49. The van der Waals surface area contributed by atoms with E-state index >= 15 is 0 Å². The van der Waals surface area contributed by atoms with E-state index in [4.69, 9.17) is 4.74 Å². The molecular formula is C20H24O3. The van der Waals surface area contributed by atoms with Gasteiger partial charge in [0.1, 0.15) is 11.2 Å². The molecule has 0 aliphatic rings. The Morgan fingerprint density at radius 3 is 1.65 bits per heavy atom. The molecule has 1 atom stereocenters. The van der Waals surface area contributed by atoms with Gasteiger partial charge in [-0.2, -0.15) is 0 Å². The van der Waals surface area contributed by atoms with Crippen LogP contribution in [0.4, 0.5) is 0 Å². The van der Waals surface area contributed by atoms with Gasteiger partial charge in [-0.3, -0.25) is 4.79 Å². The zero-order chi connectivity index (χ0) is 17.1. The lowest BCUT2D eigenvalue weighted by atomic mass is 9.77. The molecule has 0 heterocycles. The Kier molecular flexibility index (Phi) is 4.90. The van der Waals surface area contributed by atoms with Crippen LogP contribution in [0.25, 0.3) is 0 Å². The van der Waals surface area contributed by atoms with Crippen molar-refractivity contribution in [1.82, 2.24) is 0 Å². The van der Waals surface area contributed by atoms with Gasteiger partial charge in [0.05, 0.1) is 5.92 Å². The molecule has 3 heteroatoms. The summed E-state index contributed by atoms with van der Waals surface area (Å²) in [7, 11) is 0. The second-order valence-corrected chi connectivity index (χ2v) is 6.75. The van der Waals surface area contributed by atoms with Gasteiger partial charge < -0.3 is 9.84 Å². The summed E-state index contributed by atoms with van der Waals surface area (Å²) in [5, 5.41) is 11.5. The molecule has 0 saturated heterocycles. The zero-order valence-corrected chi connectivity index (χ0v) is 14.1. The van der Waals surface area contributed by atoms with E-state index in [-0.39, 0.29) is 0 Å². The first kappa shape index (κ1) is 17.2. The van der Waals surface area contributed by atoms with Crippen LogP contribution >= 0.6 is 0 Å². The SMILES string of the molecule is CC(C(=O)OC(C)(C)C)C(O)(c1ccccc1)c1ccccc1. The maximum absolute atomic E-state index is 12.6. The second-order valence-electron chi connectivity index (χ2n) is 6.75. The van der Waals surface area contributed by atoms with Gasteiger partial charge in [-0.15, -0.1) is 0 Å². The molecule has 1 unspecified atom stereocenters. The smallest absolute Gasteiger partial charge is 0.312 e. The number of hydrogen-bond donors (Lipinski definition) is 1. The Labute approximate surface area is 137 Å². The molecule has 3 nitrogen and oxygen atoms in total. The number of carbonyl (C=O) groups excluding carboxylic acids is 1. The van der Waals surface area contributed by atoms with Crippen LogP contribution in [0.15, 0.2) is 60.7 Å². The fourth-order valence-electron chi connectivity index (χ4n) is 2.61. The highest BCUT2D eigenvalue weighted by Crippen LogP contribution is 2.37. The monoisotopic (exact) mass is 312 g/mol. The van der Waals surface area contributed by atoms with Crippen molar-refractivity contribution in [2.24, 2.45) is 5.92 Å². The van der Waals surface area contributed by atoms with Crippen molar-refractivity contribution in [2.45, 2.75) is 38.9 Å². The van der Waals surface area contributed by atoms with Gasteiger partial charge in [0.15, 0.2) is 0 Å². The van der Waals surface area contributed by atoms with E-state index in [0.717, 1.165) is 0 Å². The lowest BCUT2D eigenvalue weighted by Crippen LogP contribution is -2.42. The molecule has 2 aromatic carbocycles. The van der Waals surface area contributed by atoms with Crippen LogP contribution in [0.1, 0.15) is 38.8 Å². The number of carbonyl (C=O) groups is 1. The van der Waals surface area contributed by atoms with Crippen LogP contribution in [0.3, 0.4) is 0 Å². The molecule has 1 N–H and O–H groups in total. The predicted octanol–water partition coefficient (Wildman–Crippen LogP) is 3.90. The van der Waals surface area contributed by atoms with E-state index in [9.17, 15) is 9.90 Å². The molecule has 0 spiro atoms. The number of esters is 1. The van der Waals surface area contributed by atoms with Crippen molar-refractivity contribution in [3.05, 3.63) is 71.8 Å². The van der Waals surface area contributed by atoms with E-state index in [2.05, 4.69) is 0 Å². The third kappa shape index (κ3) is 3.80. The number of benzene rings is 2. The second kappa shape index (κ2) is 6.55. The minimum Gasteiger partial charge on any atom is -0.460 e. The van der Waals surface area contributed by atoms with Gasteiger partial charge in [0, 0.05) is 0 Å². The molecule has 0 aliphatic carbocycles. The van der Waals surface area contributed by atoms with E-state index in [0.29, 0.717) is 11.1 Å². The first-order chi connectivity index (χ1) is 10.7. The highest BCUT2D eigenvalue weighted by molar-refractivity contribution is 5.75. The van der Waals surface area contributed by atoms with E-state index in [1.165, 1.54) is 0 Å². The minimum absolute atomic E-state index is 0.423. The van der Waals surface area contributed by atoms with Crippen molar-refractivity contribution < 1.29 is 14.6 Å². The van der Waals surface area contributed by atoms with Crippen LogP contribution in [-0.2, 0) is 15.1 Å². The van der Waals surface area contributed by atoms with Crippen LogP contribution in [0, 0.1) is 5.92 Å². The molecule has 0 saturated carbocycles. The summed E-state index contributed by atoms with van der Waals surface area (Å²) in [6, 6.07) is 18.5. The molecular weight excluding hydrogens is 288 g/mol. The van der Waals surface area contributed by atoms with Gasteiger partial charge in [0.2, 0.25) is 0 Å². The summed E-state index contributed by atoms with van der Waals surface area (Å²) in [5.41, 5.74) is -0.695. The van der Waals surface area contributed by atoms with Gasteiger partial charge in [-0.25, -0.2) is 0 Å². The van der Waals surface area contributed by atoms with Gasteiger partial charge in [-0.1, -0.05) is 60.7 Å². The average molecular weight is 312 g/mol. The zero-order valence-electron chi connectivity index (χ0n) is 14.1. The quantitative estimate of drug-likeness (QED) is 0.871. The van der Waals surface area contributed by atoms with E-state index in [1.54, 1.807) is 6.92 Å². The van der Waals surface area contributed by atoms with Crippen molar-refractivity contribution in [3.8, 4) is 0 Å². The lowest BCUT2D eigenvalue weighted by Gasteiger charge is -2.35. The maximum atomic E-state index is 12.6. The summed E-state index contributed by atoms with van der Waals surface area (Å²) in [6.07, 6.45) is 0. The lowest BCUT2D eigenvalue weighted by molar-refractivity contribution is -0.167. The summed E-state index contributed by atoms with van der Waals surface area (Å²) >= 11 is 0. The number of ether oxygens (including phenoxy) is 1. The molecule has 0 amide bonds. The Morgan fingerprint density at radius 2 is 1.30 bits per heavy atom. The van der Waals surface area contributed by atoms with Crippen molar-refractivity contribution in [3.63, 3.8) is 0 Å². The molecule has 0 aliphatic heterocycles. The largest absolute Gasteiger partial charge is 0.460 e. The third-order valence-electron chi connectivity index (χ3n) is 3.81. The van der Waals surface area contributed by atoms with Crippen LogP contribution < -0.4 is 0 Å². The first-order valence-corrected chi connectivity index (χ1v) is 7.81. The van der Waals surface area contributed by atoms with Gasteiger partial charge in [0.25, 0.3) is 0 Å². The van der Waals surface area contributed by atoms with Gasteiger partial charge in [-0.05, 0) is 38.8 Å². The number of aliphatic hydroxyl groups is 1. The molecule has 23 heavy (non-hydrogen) atoms. The van der Waals surface area contributed by atoms with Crippen LogP contribution in [0.5, 0.6) is 0 Å². The molecule has 2 aromatic rings. The molecule has 0 aromatic heterocycles. The van der Waals surface area contributed by atoms with Crippen LogP contribution in [-0.4, -0.2) is 16.7 Å². The Balaban J connectivity index is 2.49. The Hall–Kier alpha value is -2.13. The summed E-state index contributed by atoms with van der Waals surface area (Å²) in [6.45, 7) is 7.17. The molecule has 0 fully saturated rings.